The summed E-state index contributed by atoms with van der Waals surface area (Å²) in [6, 6.07) is 0. The number of ether oxygens (including phenoxy) is 1. The van der Waals surface area contributed by atoms with Crippen LogP contribution in [0, 0.1) is 0 Å². The number of aliphatic hydroxyl groups excluding tert-OH is 4. The average molecular weight is 178 g/mol. The molecule has 1 rings (SSSR count). The predicted molar refractivity (Wildman–Crippen MR) is 39.2 cm³/mol. The van der Waals surface area contributed by atoms with Crippen molar-refractivity contribution < 1.29 is 25.2 Å². The Morgan fingerprint density at radius 3 is 2.08 bits per heavy atom. The molecule has 72 valence electrons. The van der Waals surface area contributed by atoms with Crippen molar-refractivity contribution in [3.63, 3.8) is 0 Å². The number of hydrogen-bond donors (Lipinski definition) is 4. The summed E-state index contributed by atoms with van der Waals surface area (Å²) in [5.74, 6) is 0. The summed E-state index contributed by atoms with van der Waals surface area (Å²) in [6.45, 7) is 1.75. The van der Waals surface area contributed by atoms with Crippen molar-refractivity contribution >= 4 is 0 Å². The number of rotatable bonds is 1. The van der Waals surface area contributed by atoms with Crippen LogP contribution in [0.4, 0.5) is 0 Å². The summed E-state index contributed by atoms with van der Waals surface area (Å²) < 4.78 is 4.83. The lowest BCUT2D eigenvalue weighted by molar-refractivity contribution is -0.281. The van der Waals surface area contributed by atoms with Crippen molar-refractivity contribution in [2.24, 2.45) is 0 Å². The van der Waals surface area contributed by atoms with E-state index in [-0.39, 0.29) is 0 Å². The second kappa shape index (κ2) is 3.68. The summed E-state index contributed by atoms with van der Waals surface area (Å²) in [5.41, 5.74) is 0. The molecule has 0 saturated carbocycles. The van der Waals surface area contributed by atoms with Crippen molar-refractivity contribution in [1.82, 2.24) is 0 Å². The summed E-state index contributed by atoms with van der Waals surface area (Å²) >= 11 is 0. The van der Waals surface area contributed by atoms with Crippen LogP contribution in [-0.2, 0) is 4.74 Å². The van der Waals surface area contributed by atoms with Crippen LogP contribution >= 0.6 is 0 Å². The fourth-order valence-electron chi connectivity index (χ4n) is 1.27. The molecule has 0 aromatic carbocycles. The smallest absolute Gasteiger partial charge is 0.183 e. The van der Waals surface area contributed by atoms with Crippen molar-refractivity contribution in [1.29, 1.82) is 0 Å². The topological polar surface area (TPSA) is 90.2 Å². The van der Waals surface area contributed by atoms with Crippen LogP contribution in [0.2, 0.25) is 0 Å². The highest BCUT2D eigenvalue weighted by Crippen LogP contribution is 2.21. The Labute approximate surface area is 70.2 Å². The van der Waals surface area contributed by atoms with Crippen LogP contribution in [0.3, 0.4) is 0 Å². The highest BCUT2D eigenvalue weighted by atomic mass is 16.6. The van der Waals surface area contributed by atoms with Crippen molar-refractivity contribution in [2.75, 3.05) is 0 Å². The minimum atomic E-state index is -1.43. The van der Waals surface area contributed by atoms with Crippen LogP contribution < -0.4 is 0 Å². The Hall–Kier alpha value is -0.200. The van der Waals surface area contributed by atoms with Gasteiger partial charge in [0.1, 0.15) is 18.3 Å². The standard InChI is InChI=1S/C7H14O5/c1-2-3-4(8)5(9)6(10)7(11)12-3/h3-11H,2H2,1H3/t3-,4-,5+,6-,7?/m0/s1. The molecule has 0 bridgehead atoms. The van der Waals surface area contributed by atoms with Gasteiger partial charge in [-0.1, -0.05) is 6.92 Å². The largest absolute Gasteiger partial charge is 0.388 e. The van der Waals surface area contributed by atoms with Gasteiger partial charge < -0.3 is 25.2 Å². The molecule has 0 aromatic heterocycles. The highest BCUT2D eigenvalue weighted by molar-refractivity contribution is 4.87. The van der Waals surface area contributed by atoms with E-state index in [1.807, 2.05) is 0 Å². The molecule has 4 N–H and O–H groups in total. The zero-order valence-corrected chi connectivity index (χ0v) is 6.79. The van der Waals surface area contributed by atoms with E-state index in [0.29, 0.717) is 6.42 Å². The molecule has 0 aliphatic carbocycles. The van der Waals surface area contributed by atoms with Crippen LogP contribution in [0.5, 0.6) is 0 Å². The molecule has 1 aliphatic heterocycles. The van der Waals surface area contributed by atoms with Gasteiger partial charge in [0.05, 0.1) is 6.10 Å². The molecule has 0 amide bonds. The first-order valence-electron chi connectivity index (χ1n) is 3.95. The van der Waals surface area contributed by atoms with Gasteiger partial charge in [-0.2, -0.15) is 0 Å². The highest BCUT2D eigenvalue weighted by Gasteiger charge is 2.41. The van der Waals surface area contributed by atoms with E-state index in [1.54, 1.807) is 6.92 Å². The van der Waals surface area contributed by atoms with Crippen LogP contribution in [0.25, 0.3) is 0 Å². The van der Waals surface area contributed by atoms with Gasteiger partial charge in [0.2, 0.25) is 0 Å². The van der Waals surface area contributed by atoms with Crippen LogP contribution in [-0.4, -0.2) is 51.1 Å². The maximum absolute atomic E-state index is 9.28. The quantitative estimate of drug-likeness (QED) is 0.380. The lowest BCUT2D eigenvalue weighted by atomic mass is 9.97. The van der Waals surface area contributed by atoms with E-state index >= 15 is 0 Å². The molecular formula is C7H14O5. The Kier molecular flexibility index (Phi) is 3.03. The molecule has 0 spiro atoms. The summed E-state index contributed by atoms with van der Waals surface area (Å²) in [6.07, 6.45) is -5.44. The van der Waals surface area contributed by atoms with E-state index in [0.717, 1.165) is 0 Å². The second-order valence-corrected chi connectivity index (χ2v) is 2.95. The van der Waals surface area contributed by atoms with E-state index < -0.39 is 30.7 Å². The zero-order chi connectivity index (χ0) is 9.30. The molecule has 1 saturated heterocycles. The maximum Gasteiger partial charge on any atom is 0.183 e. The molecule has 5 nitrogen and oxygen atoms in total. The van der Waals surface area contributed by atoms with E-state index in [2.05, 4.69) is 0 Å². The average Bonchev–Trinajstić information content (AvgIpc) is 2.08. The van der Waals surface area contributed by atoms with Gasteiger partial charge in [-0.15, -0.1) is 0 Å². The Morgan fingerprint density at radius 2 is 1.58 bits per heavy atom. The third-order valence-electron chi connectivity index (χ3n) is 2.09. The lowest BCUT2D eigenvalue weighted by Gasteiger charge is -2.37. The first kappa shape index (κ1) is 9.88. The molecule has 1 unspecified atom stereocenters. The first-order valence-corrected chi connectivity index (χ1v) is 3.95. The third kappa shape index (κ3) is 1.60. The monoisotopic (exact) mass is 178 g/mol. The predicted octanol–water partition coefficient (Wildman–Crippen LogP) is -1.80. The third-order valence-corrected chi connectivity index (χ3v) is 2.09. The van der Waals surface area contributed by atoms with Crippen LogP contribution in [0.1, 0.15) is 13.3 Å². The maximum atomic E-state index is 9.28. The van der Waals surface area contributed by atoms with Crippen LogP contribution in [0.15, 0.2) is 0 Å². The zero-order valence-electron chi connectivity index (χ0n) is 6.79. The summed E-state index contributed by atoms with van der Waals surface area (Å²) in [7, 11) is 0. The molecule has 1 heterocycles. The van der Waals surface area contributed by atoms with Gasteiger partial charge in [-0.25, -0.2) is 0 Å². The normalized spacial score (nSPS) is 49.2. The Bertz CT molecular complexity index is 146. The first-order chi connectivity index (χ1) is 5.57. The van der Waals surface area contributed by atoms with E-state index in [9.17, 15) is 10.2 Å². The molecule has 0 aromatic rings. The van der Waals surface area contributed by atoms with E-state index in [1.165, 1.54) is 0 Å². The van der Waals surface area contributed by atoms with Gasteiger partial charge in [0, 0.05) is 0 Å². The Morgan fingerprint density at radius 1 is 1.00 bits per heavy atom. The summed E-state index contributed by atoms with van der Waals surface area (Å²) in [5, 5.41) is 36.5. The molecule has 1 aliphatic rings. The SMILES string of the molecule is CC[C@@H]1OC(O)[C@@H](O)[C@H](O)[C@H]1O. The van der Waals surface area contributed by atoms with Gasteiger partial charge in [0.25, 0.3) is 0 Å². The minimum Gasteiger partial charge on any atom is -0.388 e. The van der Waals surface area contributed by atoms with Crippen molar-refractivity contribution in [3.8, 4) is 0 Å². The molecule has 1 fully saturated rings. The molecule has 12 heavy (non-hydrogen) atoms. The summed E-state index contributed by atoms with van der Waals surface area (Å²) in [4.78, 5) is 0. The van der Waals surface area contributed by atoms with Crippen molar-refractivity contribution in [2.45, 2.75) is 44.1 Å². The van der Waals surface area contributed by atoms with Gasteiger partial charge >= 0.3 is 0 Å². The van der Waals surface area contributed by atoms with Gasteiger partial charge in [-0.05, 0) is 6.42 Å². The van der Waals surface area contributed by atoms with Gasteiger partial charge in [0.15, 0.2) is 6.29 Å². The minimum absolute atomic E-state index is 0.474. The van der Waals surface area contributed by atoms with Crippen molar-refractivity contribution in [3.05, 3.63) is 0 Å². The molecule has 0 radical (unpaired) electrons. The van der Waals surface area contributed by atoms with E-state index in [4.69, 9.17) is 14.9 Å². The number of aliphatic hydroxyl groups is 4. The fourth-order valence-corrected chi connectivity index (χ4v) is 1.27. The molecule has 5 atom stereocenters. The fraction of sp³-hybridized carbons (Fsp3) is 1.00. The van der Waals surface area contributed by atoms with Gasteiger partial charge in [-0.3, -0.25) is 0 Å². The second-order valence-electron chi connectivity index (χ2n) is 2.95. The molecular weight excluding hydrogens is 164 g/mol. The Balaban J connectivity index is 2.63. The lowest BCUT2D eigenvalue weighted by Crippen LogP contribution is -2.57. The number of hydrogen-bond acceptors (Lipinski definition) is 5. The molecule has 5 heteroatoms.